The molecule has 7 nitrogen and oxygen atoms in total. The summed E-state index contributed by atoms with van der Waals surface area (Å²) in [6, 6.07) is 16.0. The Bertz CT molecular complexity index is 1260. The lowest BCUT2D eigenvalue weighted by molar-refractivity contribution is -0.0294. The van der Waals surface area contributed by atoms with Crippen LogP contribution < -0.4 is 4.74 Å². The molecule has 4 rings (SSSR count). The zero-order valence-corrected chi connectivity index (χ0v) is 17.6. The number of hydrogen-bond donors (Lipinski definition) is 1. The van der Waals surface area contributed by atoms with Crippen LogP contribution in [0.3, 0.4) is 0 Å². The van der Waals surface area contributed by atoms with Crippen LogP contribution in [0.2, 0.25) is 0 Å². The number of aromatic nitrogens is 5. The van der Waals surface area contributed by atoms with E-state index < -0.39 is 18.6 Å². The molecule has 0 radical (unpaired) electrons. The average Bonchev–Trinajstić information content (AvgIpc) is 3.42. The normalized spacial score (nSPS) is 13.4. The molecular formula is C24H18F3N5O2. The van der Waals surface area contributed by atoms with E-state index in [9.17, 15) is 18.3 Å². The molecule has 0 saturated heterocycles. The van der Waals surface area contributed by atoms with Crippen molar-refractivity contribution in [3.05, 3.63) is 101 Å². The number of rotatable bonds is 7. The molecule has 0 aliphatic rings. The van der Waals surface area contributed by atoms with Crippen molar-refractivity contribution in [3.8, 4) is 17.6 Å². The van der Waals surface area contributed by atoms with Crippen molar-refractivity contribution in [1.82, 2.24) is 25.2 Å². The van der Waals surface area contributed by atoms with Gasteiger partial charge in [-0.15, -0.1) is 5.10 Å². The second-order valence-corrected chi connectivity index (χ2v) is 7.22. The molecule has 3 unspecified atom stereocenters. The van der Waals surface area contributed by atoms with E-state index in [1.807, 2.05) is 0 Å². The first-order valence-electron chi connectivity index (χ1n) is 10.1. The minimum atomic E-state index is -2.16. The number of halogens is 3. The molecule has 2 heterocycles. The number of pyridine rings is 1. The topological polar surface area (TPSA) is 86.0 Å². The zero-order chi connectivity index (χ0) is 23.9. The van der Waals surface area contributed by atoms with E-state index in [-0.39, 0.29) is 11.5 Å². The van der Waals surface area contributed by atoms with Gasteiger partial charge in [0.1, 0.15) is 30.6 Å². The van der Waals surface area contributed by atoms with Crippen LogP contribution in [0.1, 0.15) is 34.9 Å². The first-order valence-corrected chi connectivity index (χ1v) is 10.1. The van der Waals surface area contributed by atoms with Crippen molar-refractivity contribution in [2.75, 3.05) is 0 Å². The highest BCUT2D eigenvalue weighted by atomic mass is 19.2. The van der Waals surface area contributed by atoms with Crippen LogP contribution >= 0.6 is 0 Å². The van der Waals surface area contributed by atoms with E-state index in [1.54, 1.807) is 36.4 Å². The molecule has 10 heteroatoms. The molecule has 0 aliphatic carbocycles. The van der Waals surface area contributed by atoms with Crippen molar-refractivity contribution < 1.29 is 23.0 Å². The van der Waals surface area contributed by atoms with Gasteiger partial charge in [0.15, 0.2) is 6.17 Å². The van der Waals surface area contributed by atoms with Crippen LogP contribution in [0.5, 0.6) is 5.75 Å². The van der Waals surface area contributed by atoms with Crippen molar-refractivity contribution in [3.63, 3.8) is 0 Å². The molecule has 2 aromatic heterocycles. The van der Waals surface area contributed by atoms with Gasteiger partial charge < -0.3 is 9.84 Å². The molecule has 34 heavy (non-hydrogen) atoms. The predicted octanol–water partition coefficient (Wildman–Crippen LogP) is 3.73. The molecule has 3 atom stereocenters. The molecule has 0 aliphatic heterocycles. The van der Waals surface area contributed by atoms with Gasteiger partial charge >= 0.3 is 0 Å². The minimum absolute atomic E-state index is 0.142. The summed E-state index contributed by atoms with van der Waals surface area (Å²) in [5.74, 6) is 6.21. The smallest absolute Gasteiger partial charge is 0.224 e. The van der Waals surface area contributed by atoms with Crippen molar-refractivity contribution in [2.24, 2.45) is 0 Å². The first kappa shape index (κ1) is 22.9. The number of alkyl halides is 2. The van der Waals surface area contributed by atoms with Gasteiger partial charge in [0, 0.05) is 17.3 Å². The summed E-state index contributed by atoms with van der Waals surface area (Å²) < 4.78 is 47.8. The Labute approximate surface area is 192 Å². The quantitative estimate of drug-likeness (QED) is 0.419. The SMILES string of the molecule is OC(C(F)c1ccc(C#Cc2ccc(OCc3ccc(F)cc3)cc2)cn1)C(F)n1cnnn1. The van der Waals surface area contributed by atoms with E-state index in [4.69, 9.17) is 4.74 Å². The number of aliphatic hydroxyl groups is 1. The van der Waals surface area contributed by atoms with Gasteiger partial charge in [0.25, 0.3) is 0 Å². The Hall–Kier alpha value is -4.23. The lowest BCUT2D eigenvalue weighted by atomic mass is 10.1. The maximum absolute atomic E-state index is 14.5. The van der Waals surface area contributed by atoms with Crippen molar-refractivity contribution >= 4 is 0 Å². The molecule has 1 N–H and O–H groups in total. The van der Waals surface area contributed by atoms with Crippen LogP contribution in [0.25, 0.3) is 0 Å². The summed E-state index contributed by atoms with van der Waals surface area (Å²) in [7, 11) is 0. The van der Waals surface area contributed by atoms with Gasteiger partial charge in [0.2, 0.25) is 6.30 Å². The molecule has 0 spiro atoms. The van der Waals surface area contributed by atoms with Gasteiger partial charge in [-0.1, -0.05) is 24.0 Å². The van der Waals surface area contributed by atoms with Crippen molar-refractivity contribution in [2.45, 2.75) is 25.2 Å². The monoisotopic (exact) mass is 465 g/mol. The van der Waals surface area contributed by atoms with Gasteiger partial charge in [-0.2, -0.15) is 4.68 Å². The fraction of sp³-hybridized carbons (Fsp3) is 0.167. The molecular weight excluding hydrogens is 447 g/mol. The highest BCUT2D eigenvalue weighted by Crippen LogP contribution is 2.27. The van der Waals surface area contributed by atoms with Crippen LogP contribution in [-0.4, -0.2) is 36.4 Å². The second kappa shape index (κ2) is 10.6. The van der Waals surface area contributed by atoms with Gasteiger partial charge in [-0.25, -0.2) is 13.2 Å². The van der Waals surface area contributed by atoms with Crippen molar-refractivity contribution in [1.29, 1.82) is 0 Å². The Morgan fingerprint density at radius 3 is 2.29 bits per heavy atom. The summed E-state index contributed by atoms with van der Waals surface area (Å²) >= 11 is 0. The summed E-state index contributed by atoms with van der Waals surface area (Å²) in [6.07, 6.45) is -3.99. The summed E-state index contributed by atoms with van der Waals surface area (Å²) in [4.78, 5) is 3.94. The molecule has 0 fully saturated rings. The van der Waals surface area contributed by atoms with Gasteiger partial charge in [0.05, 0.1) is 5.69 Å². The van der Waals surface area contributed by atoms with Crippen LogP contribution in [0.15, 0.2) is 73.2 Å². The minimum Gasteiger partial charge on any atom is -0.489 e. The van der Waals surface area contributed by atoms with Gasteiger partial charge in [-0.3, -0.25) is 4.98 Å². The maximum atomic E-state index is 14.5. The molecule has 0 bridgehead atoms. The highest BCUT2D eigenvalue weighted by molar-refractivity contribution is 5.43. The van der Waals surface area contributed by atoms with E-state index >= 15 is 0 Å². The molecule has 2 aromatic carbocycles. The number of nitrogens with zero attached hydrogens (tertiary/aromatic N) is 5. The van der Waals surface area contributed by atoms with E-state index in [1.165, 1.54) is 30.5 Å². The molecule has 0 saturated carbocycles. The van der Waals surface area contributed by atoms with E-state index in [0.717, 1.165) is 17.5 Å². The number of tetrazole rings is 1. The zero-order valence-electron chi connectivity index (χ0n) is 17.6. The number of ether oxygens (including phenoxy) is 1. The molecule has 172 valence electrons. The first-order chi connectivity index (χ1) is 16.5. The van der Waals surface area contributed by atoms with Crippen LogP contribution in [0, 0.1) is 17.7 Å². The highest BCUT2D eigenvalue weighted by Gasteiger charge is 2.32. The fourth-order valence-corrected chi connectivity index (χ4v) is 2.92. The standard InChI is InChI=1S/C24H18F3N5O2/c25-19-8-3-18(4-9-19)14-34-20-10-5-16(6-11-20)1-2-17-7-12-21(28-13-17)22(26)23(33)24(27)32-15-29-30-31-32/h3-13,15,22-24,33H,14H2. The maximum Gasteiger partial charge on any atom is 0.224 e. The summed E-state index contributed by atoms with van der Waals surface area (Å²) in [6.45, 7) is 0.312. The Morgan fingerprint density at radius 1 is 0.941 bits per heavy atom. The van der Waals surface area contributed by atoms with E-state index in [2.05, 4.69) is 32.4 Å². The number of benzene rings is 2. The number of hydrogen-bond acceptors (Lipinski definition) is 6. The summed E-state index contributed by atoms with van der Waals surface area (Å²) in [5, 5.41) is 19.7. The molecule has 4 aromatic rings. The second-order valence-electron chi connectivity index (χ2n) is 7.22. The Kier molecular flexibility index (Phi) is 7.15. The largest absolute Gasteiger partial charge is 0.489 e. The van der Waals surface area contributed by atoms with Crippen LogP contribution in [0.4, 0.5) is 13.2 Å². The lowest BCUT2D eigenvalue weighted by Crippen LogP contribution is -2.26. The van der Waals surface area contributed by atoms with Gasteiger partial charge in [-0.05, 0) is 64.5 Å². The summed E-state index contributed by atoms with van der Waals surface area (Å²) in [5.41, 5.74) is 1.94. The third kappa shape index (κ3) is 5.76. The van der Waals surface area contributed by atoms with E-state index in [0.29, 0.717) is 22.6 Å². The third-order valence-corrected chi connectivity index (χ3v) is 4.79. The Balaban J connectivity index is 1.34. The Morgan fingerprint density at radius 2 is 1.65 bits per heavy atom. The fourth-order valence-electron chi connectivity index (χ4n) is 2.92. The van der Waals surface area contributed by atoms with Crippen LogP contribution in [-0.2, 0) is 6.61 Å². The lowest BCUT2D eigenvalue weighted by Gasteiger charge is -2.18. The number of aliphatic hydroxyl groups excluding tert-OH is 1. The average molecular weight is 465 g/mol. The molecule has 0 amide bonds. The predicted molar refractivity (Wildman–Crippen MR) is 115 cm³/mol. The third-order valence-electron chi connectivity index (χ3n) is 4.79.